The van der Waals surface area contributed by atoms with Gasteiger partial charge in [-0.05, 0) is 26.0 Å². The summed E-state index contributed by atoms with van der Waals surface area (Å²) < 4.78 is 5.58. The van der Waals surface area contributed by atoms with Gasteiger partial charge in [0.1, 0.15) is 5.75 Å². The van der Waals surface area contributed by atoms with Crippen LogP contribution < -0.4 is 16.2 Å². The number of aliphatic imine (C=N–C) groups is 2. The molecule has 2 rings (SSSR count). The maximum atomic E-state index is 6.01. The van der Waals surface area contributed by atoms with Gasteiger partial charge in [0.2, 0.25) is 11.9 Å². The fourth-order valence-electron chi connectivity index (χ4n) is 1.98. The normalized spacial score (nSPS) is 16.2. The van der Waals surface area contributed by atoms with Crippen molar-refractivity contribution in [3.63, 3.8) is 0 Å². The Bertz CT molecular complexity index is 594. The molecule has 0 bridgehead atoms. The van der Waals surface area contributed by atoms with Gasteiger partial charge < -0.3 is 16.2 Å². The minimum absolute atomic E-state index is 0. The Balaban J connectivity index is 0.00000264. The van der Waals surface area contributed by atoms with Crippen LogP contribution in [0.1, 0.15) is 20.3 Å². The van der Waals surface area contributed by atoms with Crippen LogP contribution in [0.15, 0.2) is 34.3 Å². The van der Waals surface area contributed by atoms with Crippen molar-refractivity contribution in [1.82, 2.24) is 5.06 Å². The summed E-state index contributed by atoms with van der Waals surface area (Å²) in [5, 5.41) is 2.03. The van der Waals surface area contributed by atoms with Gasteiger partial charge in [-0.15, -0.1) is 17.0 Å². The lowest BCUT2D eigenvalue weighted by atomic mass is 10.2. The summed E-state index contributed by atoms with van der Waals surface area (Å²) >= 11 is 6.01. The molecule has 0 unspecified atom stereocenters. The molecule has 0 saturated carbocycles. The van der Waals surface area contributed by atoms with E-state index < -0.39 is 5.66 Å². The fraction of sp³-hybridized carbons (Fsp3) is 0.429. The van der Waals surface area contributed by atoms with E-state index >= 15 is 0 Å². The van der Waals surface area contributed by atoms with E-state index in [4.69, 9.17) is 32.6 Å². The van der Waals surface area contributed by atoms with Crippen molar-refractivity contribution in [3.05, 3.63) is 29.3 Å². The number of guanidine groups is 2. The van der Waals surface area contributed by atoms with E-state index in [1.165, 1.54) is 5.06 Å². The lowest BCUT2D eigenvalue weighted by molar-refractivity contribution is -0.158. The Labute approximate surface area is 151 Å². The molecule has 1 heterocycles. The van der Waals surface area contributed by atoms with Crippen LogP contribution >= 0.6 is 28.6 Å². The summed E-state index contributed by atoms with van der Waals surface area (Å²) in [5.74, 6) is 0.981. The first kappa shape index (κ1) is 19.5. The quantitative estimate of drug-likeness (QED) is 0.706. The van der Waals surface area contributed by atoms with Crippen LogP contribution in [0.2, 0.25) is 5.02 Å². The molecule has 0 aliphatic carbocycles. The fourth-order valence-corrected chi connectivity index (χ4v) is 2.17. The zero-order chi connectivity index (χ0) is 16.2. The molecule has 128 valence electrons. The second-order valence-electron chi connectivity index (χ2n) is 5.19. The molecule has 1 aromatic rings. The molecule has 0 saturated heterocycles. The first-order valence-corrected chi connectivity index (χ1v) is 7.28. The lowest BCUT2D eigenvalue weighted by Crippen LogP contribution is -2.53. The van der Waals surface area contributed by atoms with Gasteiger partial charge in [0.25, 0.3) is 0 Å². The highest BCUT2D eigenvalue weighted by atomic mass is 79.9. The van der Waals surface area contributed by atoms with Crippen molar-refractivity contribution in [2.75, 3.05) is 13.2 Å². The highest BCUT2D eigenvalue weighted by molar-refractivity contribution is 8.93. The average Bonchev–Trinajstić information content (AvgIpc) is 2.42. The summed E-state index contributed by atoms with van der Waals surface area (Å²) in [4.78, 5) is 13.7. The van der Waals surface area contributed by atoms with Gasteiger partial charge in [-0.25, -0.2) is 4.99 Å². The maximum Gasteiger partial charge on any atom is 0.226 e. The topological polar surface area (TPSA) is 98.5 Å². The third-order valence-corrected chi connectivity index (χ3v) is 3.24. The molecule has 9 heteroatoms. The number of nitrogens with two attached hydrogens (primary N) is 2. The standard InChI is InChI=1S/C14H20ClN5O2.BrH/c1-14(2)19-12(16)18-13(17)20(14)22-9-5-8-21-11-7-4-3-6-10(11)15;/h3-4,6-7H,5,8-9H2,1-2H3,(H4,16,17,18,19);1H. The lowest BCUT2D eigenvalue weighted by Gasteiger charge is -2.36. The van der Waals surface area contributed by atoms with Crippen LogP contribution in [0.3, 0.4) is 0 Å². The number of ether oxygens (including phenoxy) is 1. The Morgan fingerprint density at radius 1 is 1.22 bits per heavy atom. The monoisotopic (exact) mass is 405 g/mol. The summed E-state index contributed by atoms with van der Waals surface area (Å²) in [6.07, 6.45) is 0.657. The van der Waals surface area contributed by atoms with Crippen molar-refractivity contribution in [2.24, 2.45) is 21.5 Å². The van der Waals surface area contributed by atoms with Crippen molar-refractivity contribution in [2.45, 2.75) is 25.9 Å². The largest absolute Gasteiger partial charge is 0.492 e. The molecule has 0 amide bonds. The number of para-hydroxylation sites is 1. The van der Waals surface area contributed by atoms with Crippen molar-refractivity contribution in [3.8, 4) is 5.75 Å². The Morgan fingerprint density at radius 2 is 1.91 bits per heavy atom. The number of nitrogens with zero attached hydrogens (tertiary/aromatic N) is 3. The molecule has 0 aromatic heterocycles. The third-order valence-electron chi connectivity index (χ3n) is 2.93. The van der Waals surface area contributed by atoms with Crippen LogP contribution in [0.4, 0.5) is 0 Å². The minimum Gasteiger partial charge on any atom is -0.492 e. The van der Waals surface area contributed by atoms with Gasteiger partial charge in [0.05, 0.1) is 18.2 Å². The number of hydrogen-bond donors (Lipinski definition) is 2. The zero-order valence-electron chi connectivity index (χ0n) is 13.0. The highest BCUT2D eigenvalue weighted by Gasteiger charge is 2.32. The van der Waals surface area contributed by atoms with Crippen LogP contribution in [-0.4, -0.2) is 35.9 Å². The Kier molecular flexibility index (Phi) is 7.11. The molecular weight excluding hydrogens is 386 g/mol. The highest BCUT2D eigenvalue weighted by Crippen LogP contribution is 2.23. The number of benzene rings is 1. The molecular formula is C14H21BrClN5O2. The second kappa shape index (κ2) is 8.37. The van der Waals surface area contributed by atoms with E-state index in [9.17, 15) is 0 Å². The summed E-state index contributed by atoms with van der Waals surface area (Å²) in [5.41, 5.74) is 10.7. The Morgan fingerprint density at radius 3 is 2.57 bits per heavy atom. The molecule has 7 nitrogen and oxygen atoms in total. The number of rotatable bonds is 6. The van der Waals surface area contributed by atoms with Crippen LogP contribution in [-0.2, 0) is 4.84 Å². The van der Waals surface area contributed by atoms with Crippen molar-refractivity contribution >= 4 is 40.5 Å². The Hall–Kier alpha value is -1.51. The van der Waals surface area contributed by atoms with E-state index in [-0.39, 0.29) is 28.9 Å². The van der Waals surface area contributed by atoms with E-state index in [0.717, 1.165) is 0 Å². The van der Waals surface area contributed by atoms with Crippen molar-refractivity contribution < 1.29 is 9.57 Å². The smallest absolute Gasteiger partial charge is 0.226 e. The average molecular weight is 407 g/mol. The molecule has 1 aliphatic rings. The molecule has 4 N–H and O–H groups in total. The summed E-state index contributed by atoms with van der Waals surface area (Å²) in [7, 11) is 0. The molecule has 0 fully saturated rings. The molecule has 0 radical (unpaired) electrons. The first-order chi connectivity index (χ1) is 10.4. The number of hydrogen-bond acceptors (Lipinski definition) is 7. The molecule has 0 atom stereocenters. The van der Waals surface area contributed by atoms with Gasteiger partial charge >= 0.3 is 0 Å². The molecule has 23 heavy (non-hydrogen) atoms. The first-order valence-electron chi connectivity index (χ1n) is 6.90. The van der Waals surface area contributed by atoms with E-state index in [0.29, 0.717) is 30.4 Å². The number of halogens is 2. The van der Waals surface area contributed by atoms with E-state index in [2.05, 4.69) is 9.98 Å². The maximum absolute atomic E-state index is 6.01. The van der Waals surface area contributed by atoms with Crippen LogP contribution in [0, 0.1) is 0 Å². The third kappa shape index (κ3) is 5.26. The molecule has 0 spiro atoms. The second-order valence-corrected chi connectivity index (χ2v) is 5.60. The van der Waals surface area contributed by atoms with Gasteiger partial charge in [0.15, 0.2) is 5.66 Å². The zero-order valence-corrected chi connectivity index (χ0v) is 15.5. The van der Waals surface area contributed by atoms with Gasteiger partial charge in [0, 0.05) is 6.42 Å². The van der Waals surface area contributed by atoms with Gasteiger partial charge in [-0.3, -0.25) is 4.84 Å². The van der Waals surface area contributed by atoms with Crippen LogP contribution in [0.25, 0.3) is 0 Å². The van der Waals surface area contributed by atoms with Crippen LogP contribution in [0.5, 0.6) is 5.75 Å². The van der Waals surface area contributed by atoms with E-state index in [1.807, 2.05) is 32.0 Å². The van der Waals surface area contributed by atoms with Gasteiger partial charge in [-0.2, -0.15) is 10.1 Å². The van der Waals surface area contributed by atoms with Gasteiger partial charge in [-0.1, -0.05) is 23.7 Å². The predicted octanol–water partition coefficient (Wildman–Crippen LogP) is 2.30. The predicted molar refractivity (Wildman–Crippen MR) is 97.0 cm³/mol. The van der Waals surface area contributed by atoms with Crippen molar-refractivity contribution in [1.29, 1.82) is 0 Å². The minimum atomic E-state index is -0.695. The SMILES string of the molecule is Br.CC1(C)N=C(N)N=C(N)N1OCCCOc1ccccc1Cl. The summed E-state index contributed by atoms with van der Waals surface area (Å²) in [6.45, 7) is 4.54. The molecule has 1 aliphatic heterocycles. The van der Waals surface area contributed by atoms with E-state index in [1.54, 1.807) is 6.07 Å². The molecule has 1 aromatic carbocycles. The number of hydroxylamine groups is 2. The summed E-state index contributed by atoms with van der Waals surface area (Å²) in [6, 6.07) is 7.32.